The van der Waals surface area contributed by atoms with E-state index in [-0.39, 0.29) is 5.60 Å². The smallest absolute Gasteiger partial charge is 0.148 e. The van der Waals surface area contributed by atoms with E-state index in [1.807, 2.05) is 37.4 Å². The minimum Gasteiger partial charge on any atom is -0.377 e. The number of nitrogens with zero attached hydrogens (tertiary/aromatic N) is 4. The van der Waals surface area contributed by atoms with Crippen molar-refractivity contribution in [1.29, 1.82) is 0 Å². The van der Waals surface area contributed by atoms with Crippen molar-refractivity contribution in [2.75, 3.05) is 44.8 Å². The number of hydrogen-bond donors (Lipinski definition) is 1. The molecule has 0 bridgehead atoms. The first-order valence-corrected chi connectivity index (χ1v) is 9.59. The number of ether oxygens (including phenoxy) is 2. The van der Waals surface area contributed by atoms with Crippen LogP contribution in [0, 0.1) is 12.8 Å². The Bertz CT molecular complexity index is 727. The molecule has 1 spiro atoms. The fourth-order valence-electron chi connectivity index (χ4n) is 3.86. The minimum absolute atomic E-state index is 0.226. The van der Waals surface area contributed by atoms with Crippen LogP contribution < -0.4 is 5.32 Å². The molecule has 7 nitrogen and oxygen atoms in total. The van der Waals surface area contributed by atoms with E-state index in [2.05, 4.69) is 31.5 Å². The van der Waals surface area contributed by atoms with E-state index in [0.717, 1.165) is 63.0 Å². The average molecular weight is 369 g/mol. The number of anilines is 1. The summed E-state index contributed by atoms with van der Waals surface area (Å²) in [5.41, 5.74) is 1.78. The predicted molar refractivity (Wildman–Crippen MR) is 102 cm³/mol. The van der Waals surface area contributed by atoms with Gasteiger partial charge in [0.15, 0.2) is 0 Å². The highest BCUT2D eigenvalue weighted by Gasteiger charge is 2.43. The van der Waals surface area contributed by atoms with Gasteiger partial charge in [0.2, 0.25) is 0 Å². The summed E-state index contributed by atoms with van der Waals surface area (Å²) < 4.78 is 12.2. The molecule has 2 fully saturated rings. The normalized spacial score (nSPS) is 26.2. The Labute approximate surface area is 160 Å². The van der Waals surface area contributed by atoms with Crippen LogP contribution in [-0.4, -0.2) is 65.1 Å². The van der Waals surface area contributed by atoms with Gasteiger partial charge in [0.25, 0.3) is 0 Å². The number of nitrogens with one attached hydrogen (secondary N) is 1. The van der Waals surface area contributed by atoms with E-state index < -0.39 is 0 Å². The molecule has 2 aromatic rings. The van der Waals surface area contributed by atoms with Gasteiger partial charge < -0.3 is 14.8 Å². The van der Waals surface area contributed by atoms with Crippen LogP contribution in [0.15, 0.2) is 36.5 Å². The lowest BCUT2D eigenvalue weighted by atomic mass is 9.94. The van der Waals surface area contributed by atoms with Crippen LogP contribution >= 0.6 is 0 Å². The lowest BCUT2D eigenvalue weighted by molar-refractivity contribution is -0.0563. The van der Waals surface area contributed by atoms with Gasteiger partial charge in [0, 0.05) is 38.3 Å². The maximum Gasteiger partial charge on any atom is 0.148 e. The summed E-state index contributed by atoms with van der Waals surface area (Å²) >= 11 is 0. The predicted octanol–water partition coefficient (Wildman–Crippen LogP) is 1.90. The molecule has 7 heteroatoms. The topological polar surface area (TPSA) is 72.4 Å². The fourth-order valence-corrected chi connectivity index (χ4v) is 3.86. The van der Waals surface area contributed by atoms with Crippen LogP contribution in [0.1, 0.15) is 17.8 Å². The van der Waals surface area contributed by atoms with Crippen LogP contribution in [0.2, 0.25) is 0 Å². The first-order chi connectivity index (χ1) is 13.2. The Hall–Kier alpha value is -2.09. The quantitative estimate of drug-likeness (QED) is 0.863. The summed E-state index contributed by atoms with van der Waals surface area (Å²) in [7, 11) is 0. The van der Waals surface area contributed by atoms with Crippen LogP contribution in [-0.2, 0) is 16.0 Å². The maximum absolute atomic E-state index is 6.29. The van der Waals surface area contributed by atoms with E-state index in [1.54, 1.807) is 0 Å². The molecule has 144 valence electrons. The molecule has 2 aliphatic rings. The van der Waals surface area contributed by atoms with Gasteiger partial charge in [-0.2, -0.15) is 5.10 Å². The molecule has 0 amide bonds. The van der Waals surface area contributed by atoms with Gasteiger partial charge in [-0.3, -0.25) is 9.88 Å². The standard InChI is InChI=1S/C20H27N5O2/c1-16-5-6-19(24-23-16)22-11-17-10-20(27-13-17)14-25(8-9-26-15-20)12-18-4-2-3-7-21-18/h2-7,17H,8-15H2,1H3,(H,22,24)/t17-,20+/m0/s1. The summed E-state index contributed by atoms with van der Waals surface area (Å²) in [5.74, 6) is 1.25. The molecular weight excluding hydrogens is 342 g/mol. The summed E-state index contributed by atoms with van der Waals surface area (Å²) in [6, 6.07) is 10.00. The molecule has 4 rings (SSSR count). The molecule has 2 aromatic heterocycles. The average Bonchev–Trinajstić information content (AvgIpc) is 2.97. The summed E-state index contributed by atoms with van der Waals surface area (Å²) in [6.07, 6.45) is 2.83. The highest BCUT2D eigenvalue weighted by Crippen LogP contribution is 2.33. The molecule has 2 atom stereocenters. The summed E-state index contributed by atoms with van der Waals surface area (Å²) in [4.78, 5) is 6.86. The highest BCUT2D eigenvalue weighted by molar-refractivity contribution is 5.32. The molecule has 1 N–H and O–H groups in total. The van der Waals surface area contributed by atoms with Crippen molar-refractivity contribution in [2.24, 2.45) is 5.92 Å². The van der Waals surface area contributed by atoms with Gasteiger partial charge in [-0.15, -0.1) is 5.10 Å². The van der Waals surface area contributed by atoms with Crippen molar-refractivity contribution in [2.45, 2.75) is 25.5 Å². The number of rotatable bonds is 5. The number of hydrogen-bond acceptors (Lipinski definition) is 7. The fraction of sp³-hybridized carbons (Fsp3) is 0.550. The Morgan fingerprint density at radius 3 is 3.04 bits per heavy atom. The first kappa shape index (κ1) is 18.3. The maximum atomic E-state index is 6.29. The Balaban J connectivity index is 1.34. The summed E-state index contributed by atoms with van der Waals surface area (Å²) in [5, 5.41) is 11.7. The third-order valence-corrected chi connectivity index (χ3v) is 5.20. The van der Waals surface area contributed by atoms with Crippen LogP contribution in [0.5, 0.6) is 0 Å². The minimum atomic E-state index is -0.226. The second kappa shape index (κ2) is 8.29. The van der Waals surface area contributed by atoms with Crippen molar-refractivity contribution >= 4 is 5.82 Å². The van der Waals surface area contributed by atoms with Crippen molar-refractivity contribution in [1.82, 2.24) is 20.1 Å². The number of pyridine rings is 1. The van der Waals surface area contributed by atoms with Crippen molar-refractivity contribution in [3.05, 3.63) is 47.9 Å². The second-order valence-corrected chi connectivity index (χ2v) is 7.59. The van der Waals surface area contributed by atoms with Crippen molar-refractivity contribution < 1.29 is 9.47 Å². The lowest BCUT2D eigenvalue weighted by Gasteiger charge is -2.31. The zero-order chi connectivity index (χ0) is 18.5. The van der Waals surface area contributed by atoms with Crippen molar-refractivity contribution in [3.8, 4) is 0 Å². The van der Waals surface area contributed by atoms with Crippen molar-refractivity contribution in [3.63, 3.8) is 0 Å². The molecule has 4 heterocycles. The molecule has 0 aromatic carbocycles. The van der Waals surface area contributed by atoms with Gasteiger partial charge in [0.05, 0.1) is 31.2 Å². The SMILES string of the molecule is Cc1ccc(NC[C@H]2CO[C@]3(COCCN(Cc4ccccn4)C3)C2)nn1. The van der Waals surface area contributed by atoms with Gasteiger partial charge in [-0.05, 0) is 37.6 Å². The van der Waals surface area contributed by atoms with Crippen LogP contribution in [0.25, 0.3) is 0 Å². The van der Waals surface area contributed by atoms with Crippen LogP contribution in [0.3, 0.4) is 0 Å². The zero-order valence-electron chi connectivity index (χ0n) is 15.8. The van der Waals surface area contributed by atoms with E-state index in [4.69, 9.17) is 9.47 Å². The molecule has 0 radical (unpaired) electrons. The highest BCUT2D eigenvalue weighted by atomic mass is 16.5. The molecular formula is C20H27N5O2. The molecule has 0 saturated carbocycles. The van der Waals surface area contributed by atoms with Gasteiger partial charge >= 0.3 is 0 Å². The number of aryl methyl sites for hydroxylation is 1. The Morgan fingerprint density at radius 1 is 1.26 bits per heavy atom. The molecule has 0 aliphatic carbocycles. The van der Waals surface area contributed by atoms with E-state index in [1.165, 1.54) is 0 Å². The van der Waals surface area contributed by atoms with E-state index >= 15 is 0 Å². The van der Waals surface area contributed by atoms with Crippen LogP contribution in [0.4, 0.5) is 5.82 Å². The van der Waals surface area contributed by atoms with Gasteiger partial charge in [-0.25, -0.2) is 0 Å². The van der Waals surface area contributed by atoms with E-state index in [0.29, 0.717) is 12.5 Å². The molecule has 0 unspecified atom stereocenters. The number of aromatic nitrogens is 3. The van der Waals surface area contributed by atoms with Gasteiger partial charge in [-0.1, -0.05) is 6.07 Å². The Morgan fingerprint density at radius 2 is 2.22 bits per heavy atom. The molecule has 27 heavy (non-hydrogen) atoms. The first-order valence-electron chi connectivity index (χ1n) is 9.59. The molecule has 2 saturated heterocycles. The monoisotopic (exact) mass is 369 g/mol. The zero-order valence-corrected chi connectivity index (χ0v) is 15.8. The molecule has 2 aliphatic heterocycles. The largest absolute Gasteiger partial charge is 0.377 e. The lowest BCUT2D eigenvalue weighted by Crippen LogP contribution is -2.44. The Kier molecular flexibility index (Phi) is 5.61. The third kappa shape index (κ3) is 4.80. The third-order valence-electron chi connectivity index (χ3n) is 5.20. The summed E-state index contributed by atoms with van der Waals surface area (Å²) in [6.45, 7) is 7.53. The van der Waals surface area contributed by atoms with Gasteiger partial charge in [0.1, 0.15) is 11.4 Å². The second-order valence-electron chi connectivity index (χ2n) is 7.59. The van der Waals surface area contributed by atoms with E-state index in [9.17, 15) is 0 Å².